The van der Waals surface area contributed by atoms with Gasteiger partial charge in [-0.1, -0.05) is 23.3 Å². The van der Waals surface area contributed by atoms with E-state index in [4.69, 9.17) is 0 Å². The Labute approximate surface area is 158 Å². The molecule has 0 aliphatic carbocycles. The number of rotatable bonds is 0. The van der Waals surface area contributed by atoms with Gasteiger partial charge in [0.05, 0.1) is 0 Å². The van der Waals surface area contributed by atoms with E-state index in [0.717, 1.165) is 0 Å². The Balaban J connectivity index is 0. The van der Waals surface area contributed by atoms with Crippen LogP contribution in [0, 0.1) is 13.8 Å². The van der Waals surface area contributed by atoms with E-state index in [0.29, 0.717) is 11.1 Å². The van der Waals surface area contributed by atoms with Crippen molar-refractivity contribution in [2.24, 2.45) is 0 Å². The fourth-order valence-corrected chi connectivity index (χ4v) is 0.911. The molecule has 0 bridgehead atoms. The van der Waals surface area contributed by atoms with Gasteiger partial charge < -0.3 is 10.2 Å². The molecule has 0 spiro atoms. The average Bonchev–Trinajstić information content (AvgIpc) is 1.82. The third-order valence-electron chi connectivity index (χ3n) is 1.43. The van der Waals surface area contributed by atoms with E-state index in [-0.39, 0.29) is 114 Å². The van der Waals surface area contributed by atoms with E-state index in [1.807, 2.05) is 0 Å². The van der Waals surface area contributed by atoms with Crippen LogP contribution in [0.4, 0.5) is 0 Å². The summed E-state index contributed by atoms with van der Waals surface area (Å²) in [6.07, 6.45) is 0. The van der Waals surface area contributed by atoms with Gasteiger partial charge in [-0.05, 0) is 13.8 Å². The first kappa shape index (κ1) is 16.5. The van der Waals surface area contributed by atoms with Crippen molar-refractivity contribution < 1.29 is 113 Å². The molecule has 0 aliphatic heterocycles. The maximum Gasteiger partial charge on any atom is 1.00 e. The van der Waals surface area contributed by atoms with Gasteiger partial charge in [0.25, 0.3) is 0 Å². The Morgan fingerprint density at radius 1 is 0.917 bits per heavy atom. The first-order chi connectivity index (χ1) is 4.61. The zero-order valence-electron chi connectivity index (χ0n) is 7.97. The van der Waals surface area contributed by atoms with Gasteiger partial charge in [-0.2, -0.15) is 0 Å². The van der Waals surface area contributed by atoms with Gasteiger partial charge in [0.1, 0.15) is 0 Å². The quantitative estimate of drug-likeness (QED) is 0.404. The van der Waals surface area contributed by atoms with E-state index in [1.165, 1.54) is 12.1 Å². The molecule has 0 heterocycles. The van der Waals surface area contributed by atoms with Crippen molar-refractivity contribution in [2.75, 3.05) is 0 Å². The maximum atomic E-state index is 11.0. The molecule has 0 aromatic heterocycles. The van der Waals surface area contributed by atoms with Crippen LogP contribution >= 0.6 is 0 Å². The molecule has 0 unspecified atom stereocenters. The smallest absolute Gasteiger partial charge is 0.872 e. The molecule has 1 rings (SSSR count). The van der Waals surface area contributed by atoms with Gasteiger partial charge in [-0.25, -0.2) is 0 Å². The third-order valence-corrected chi connectivity index (χ3v) is 1.43. The number of aryl methyl sites for hydroxylation is 2. The molecule has 2 nitrogen and oxygen atoms in total. The van der Waals surface area contributed by atoms with Crippen LogP contribution in [0.2, 0.25) is 0 Å². The van der Waals surface area contributed by atoms with Gasteiger partial charge in [0.15, 0.2) is 0 Å². The minimum Gasteiger partial charge on any atom is -0.872 e. The van der Waals surface area contributed by atoms with E-state index in [2.05, 4.69) is 0 Å². The summed E-state index contributed by atoms with van der Waals surface area (Å²) >= 11 is 0. The molecular formula is C8H8K2O2. The van der Waals surface area contributed by atoms with Crippen molar-refractivity contribution in [1.82, 2.24) is 0 Å². The first-order valence-electron chi connectivity index (χ1n) is 3.06. The predicted octanol–water partition coefficient (Wildman–Crippen LogP) is -5.54. The maximum absolute atomic E-state index is 11.0. The molecule has 54 valence electrons. The van der Waals surface area contributed by atoms with Crippen LogP contribution in [0.5, 0.6) is 11.5 Å². The molecule has 0 amide bonds. The SMILES string of the molecule is Cc1cc([O-])cc(C)c1[O-].[K+].[K+]. The minimum absolute atomic E-state index is 0. The van der Waals surface area contributed by atoms with Crippen LogP contribution in [0.1, 0.15) is 11.1 Å². The van der Waals surface area contributed by atoms with Crippen molar-refractivity contribution in [2.45, 2.75) is 13.8 Å². The Hall–Kier alpha value is 2.09. The predicted molar refractivity (Wildman–Crippen MR) is 34.8 cm³/mol. The number of hydrogen-bond acceptors (Lipinski definition) is 2. The second-order valence-electron chi connectivity index (χ2n) is 2.39. The summed E-state index contributed by atoms with van der Waals surface area (Å²) in [5.74, 6) is -0.116. The summed E-state index contributed by atoms with van der Waals surface area (Å²) in [4.78, 5) is 0. The molecule has 0 N–H and O–H groups in total. The Kier molecular flexibility index (Phi) is 10.2. The number of hydrogen-bond donors (Lipinski definition) is 0. The average molecular weight is 214 g/mol. The van der Waals surface area contributed by atoms with Crippen LogP contribution in [0.3, 0.4) is 0 Å². The molecule has 0 fully saturated rings. The van der Waals surface area contributed by atoms with Crippen molar-refractivity contribution in [1.29, 1.82) is 0 Å². The summed E-state index contributed by atoms with van der Waals surface area (Å²) in [5, 5.41) is 21.7. The number of benzene rings is 1. The summed E-state index contributed by atoms with van der Waals surface area (Å²) in [6, 6.07) is 2.71. The van der Waals surface area contributed by atoms with Gasteiger partial charge in [-0.3, -0.25) is 0 Å². The van der Waals surface area contributed by atoms with Crippen LogP contribution in [0.15, 0.2) is 12.1 Å². The zero-order valence-corrected chi connectivity index (χ0v) is 14.2. The van der Waals surface area contributed by atoms with E-state index in [1.54, 1.807) is 13.8 Å². The van der Waals surface area contributed by atoms with Crippen molar-refractivity contribution in [3.8, 4) is 11.5 Å². The van der Waals surface area contributed by atoms with Crippen LogP contribution in [-0.4, -0.2) is 0 Å². The molecule has 0 atom stereocenters. The van der Waals surface area contributed by atoms with Crippen molar-refractivity contribution in [3.63, 3.8) is 0 Å². The van der Waals surface area contributed by atoms with Gasteiger partial charge in [-0.15, -0.1) is 11.5 Å². The second kappa shape index (κ2) is 7.39. The first-order valence-corrected chi connectivity index (χ1v) is 3.06. The standard InChI is InChI=1S/C8H10O2.2K/c1-5-3-7(9)4-6(2)8(5)10;;/h3-4,9-10H,1-2H3;;/q;2*+1/p-2. The fourth-order valence-electron chi connectivity index (χ4n) is 0.911. The fraction of sp³-hybridized carbons (Fsp3) is 0.250. The van der Waals surface area contributed by atoms with E-state index in [9.17, 15) is 10.2 Å². The summed E-state index contributed by atoms with van der Waals surface area (Å²) < 4.78 is 0. The van der Waals surface area contributed by atoms with Gasteiger partial charge >= 0.3 is 103 Å². The van der Waals surface area contributed by atoms with E-state index < -0.39 is 0 Å². The van der Waals surface area contributed by atoms with Gasteiger partial charge in [0.2, 0.25) is 0 Å². The minimum atomic E-state index is -0.0883. The molecule has 1 aromatic carbocycles. The summed E-state index contributed by atoms with van der Waals surface area (Å²) in [7, 11) is 0. The van der Waals surface area contributed by atoms with Crippen molar-refractivity contribution >= 4 is 0 Å². The molecule has 1 aromatic rings. The molecule has 0 saturated carbocycles. The molecule has 4 heteroatoms. The monoisotopic (exact) mass is 214 g/mol. The molecule has 0 radical (unpaired) electrons. The summed E-state index contributed by atoms with van der Waals surface area (Å²) in [6.45, 7) is 3.30. The van der Waals surface area contributed by atoms with Crippen molar-refractivity contribution in [3.05, 3.63) is 23.3 Å². The Morgan fingerprint density at radius 3 is 1.58 bits per heavy atom. The van der Waals surface area contributed by atoms with Crippen LogP contribution < -0.4 is 113 Å². The normalized spacial score (nSPS) is 8.17. The summed E-state index contributed by atoms with van der Waals surface area (Å²) in [5.41, 5.74) is 1.06. The molecule has 12 heavy (non-hydrogen) atoms. The third kappa shape index (κ3) is 4.55. The Bertz CT molecular complexity index is 238. The zero-order chi connectivity index (χ0) is 7.72. The largest absolute Gasteiger partial charge is 1.00 e. The topological polar surface area (TPSA) is 46.1 Å². The molecule has 0 aliphatic rings. The van der Waals surface area contributed by atoms with Gasteiger partial charge in [0, 0.05) is 0 Å². The van der Waals surface area contributed by atoms with E-state index >= 15 is 0 Å². The molecular weight excluding hydrogens is 206 g/mol. The van der Waals surface area contributed by atoms with Crippen LogP contribution in [0.25, 0.3) is 0 Å². The van der Waals surface area contributed by atoms with Crippen LogP contribution in [-0.2, 0) is 0 Å². The Morgan fingerprint density at radius 2 is 1.25 bits per heavy atom. The second-order valence-corrected chi connectivity index (χ2v) is 2.39. The molecule has 0 saturated heterocycles.